The van der Waals surface area contributed by atoms with Crippen molar-refractivity contribution in [1.29, 1.82) is 0 Å². The SMILES string of the molecule is C=CC(C)(CCCc1ccc(F)c(Oc2ccc(Cl)cc2)c1)c1ccc(OC(F)F)cc1. The lowest BCUT2D eigenvalue weighted by Gasteiger charge is -2.27. The monoisotopic (exact) mass is 460 g/mol. The molecule has 0 N–H and O–H groups in total. The van der Waals surface area contributed by atoms with Crippen molar-refractivity contribution < 1.29 is 22.6 Å². The Hall–Kier alpha value is -2.92. The van der Waals surface area contributed by atoms with Crippen LogP contribution in [0.25, 0.3) is 0 Å². The van der Waals surface area contributed by atoms with Gasteiger partial charge in [-0.25, -0.2) is 4.39 Å². The summed E-state index contributed by atoms with van der Waals surface area (Å²) in [5.41, 5.74) is 1.56. The average Bonchev–Trinajstić information content (AvgIpc) is 2.77. The van der Waals surface area contributed by atoms with Gasteiger partial charge in [0.25, 0.3) is 0 Å². The molecule has 1 unspecified atom stereocenters. The van der Waals surface area contributed by atoms with Crippen LogP contribution in [0.5, 0.6) is 17.2 Å². The van der Waals surface area contributed by atoms with Gasteiger partial charge in [0.1, 0.15) is 11.5 Å². The van der Waals surface area contributed by atoms with E-state index in [-0.39, 0.29) is 16.9 Å². The Morgan fingerprint density at radius 3 is 2.28 bits per heavy atom. The van der Waals surface area contributed by atoms with Crippen molar-refractivity contribution in [3.05, 3.63) is 101 Å². The summed E-state index contributed by atoms with van der Waals surface area (Å²) in [4.78, 5) is 0. The predicted octanol–water partition coefficient (Wildman–Crippen LogP) is 8.34. The molecule has 3 rings (SSSR count). The lowest BCUT2D eigenvalue weighted by molar-refractivity contribution is -0.0498. The molecule has 1 atom stereocenters. The molecule has 0 aliphatic rings. The molecule has 32 heavy (non-hydrogen) atoms. The predicted molar refractivity (Wildman–Crippen MR) is 121 cm³/mol. The summed E-state index contributed by atoms with van der Waals surface area (Å²) in [7, 11) is 0. The highest BCUT2D eigenvalue weighted by Gasteiger charge is 2.22. The molecule has 0 aromatic heterocycles. The molecule has 0 spiro atoms. The Balaban J connectivity index is 1.64. The third kappa shape index (κ3) is 6.30. The standard InChI is InChI=1S/C26H24ClF3O2/c1-3-26(2,19-7-11-22(12-8-19)32-25(29)30)16-4-5-18-6-15-23(28)24(17-18)31-21-13-9-20(27)10-14-21/h3,6-15,17,25H,1,4-5,16H2,2H3. The molecule has 3 aromatic rings. The van der Waals surface area contributed by atoms with E-state index in [2.05, 4.69) is 11.3 Å². The van der Waals surface area contributed by atoms with Crippen LogP contribution in [0.15, 0.2) is 79.4 Å². The van der Waals surface area contributed by atoms with Crippen molar-refractivity contribution in [3.63, 3.8) is 0 Å². The van der Waals surface area contributed by atoms with Gasteiger partial charge in [0, 0.05) is 10.4 Å². The van der Waals surface area contributed by atoms with E-state index >= 15 is 0 Å². The number of rotatable bonds is 10. The number of benzene rings is 3. The second-order valence-corrected chi connectivity index (χ2v) is 8.14. The summed E-state index contributed by atoms with van der Waals surface area (Å²) in [5, 5.41) is 0.577. The average molecular weight is 461 g/mol. The van der Waals surface area contributed by atoms with Crippen molar-refractivity contribution >= 4 is 11.6 Å². The van der Waals surface area contributed by atoms with Crippen LogP contribution in [0.1, 0.15) is 30.9 Å². The molecule has 0 radical (unpaired) electrons. The first-order chi connectivity index (χ1) is 15.3. The Morgan fingerprint density at radius 2 is 1.66 bits per heavy atom. The van der Waals surface area contributed by atoms with Crippen molar-refractivity contribution in [1.82, 2.24) is 0 Å². The first-order valence-electron chi connectivity index (χ1n) is 10.2. The van der Waals surface area contributed by atoms with Gasteiger partial charge in [0.2, 0.25) is 0 Å². The third-order valence-corrected chi connectivity index (χ3v) is 5.64. The van der Waals surface area contributed by atoms with Gasteiger partial charge in [-0.3, -0.25) is 0 Å². The second-order valence-electron chi connectivity index (χ2n) is 7.70. The maximum absolute atomic E-state index is 14.2. The number of allylic oxidation sites excluding steroid dienone is 1. The highest BCUT2D eigenvalue weighted by atomic mass is 35.5. The fraction of sp³-hybridized carbons (Fsp3) is 0.231. The molecule has 3 aromatic carbocycles. The Morgan fingerprint density at radius 1 is 1.00 bits per heavy atom. The van der Waals surface area contributed by atoms with Gasteiger partial charge in [0.05, 0.1) is 0 Å². The zero-order chi connectivity index (χ0) is 23.1. The summed E-state index contributed by atoms with van der Waals surface area (Å²) in [6, 6.07) is 18.2. The lowest BCUT2D eigenvalue weighted by atomic mass is 9.78. The first-order valence-corrected chi connectivity index (χ1v) is 10.6. The van der Waals surface area contributed by atoms with Crippen LogP contribution >= 0.6 is 11.6 Å². The van der Waals surface area contributed by atoms with Crippen LogP contribution in [0.4, 0.5) is 13.2 Å². The van der Waals surface area contributed by atoms with Crippen LogP contribution in [0, 0.1) is 5.82 Å². The summed E-state index contributed by atoms with van der Waals surface area (Å²) >= 11 is 5.88. The van der Waals surface area contributed by atoms with Crippen LogP contribution in [-0.4, -0.2) is 6.61 Å². The molecule has 0 saturated heterocycles. The van der Waals surface area contributed by atoms with Gasteiger partial charge >= 0.3 is 6.61 Å². The molecular formula is C26H24ClF3O2. The van der Waals surface area contributed by atoms with Gasteiger partial charge in [-0.15, -0.1) is 6.58 Å². The maximum atomic E-state index is 14.2. The topological polar surface area (TPSA) is 18.5 Å². The van der Waals surface area contributed by atoms with E-state index in [1.807, 2.05) is 13.0 Å². The number of alkyl halides is 2. The molecule has 6 heteroatoms. The summed E-state index contributed by atoms with van der Waals surface area (Å²) in [5.74, 6) is 0.343. The number of aryl methyl sites for hydroxylation is 1. The smallest absolute Gasteiger partial charge is 0.387 e. The Kier molecular flexibility index (Phi) is 7.86. The van der Waals surface area contributed by atoms with E-state index in [9.17, 15) is 13.2 Å². The highest BCUT2D eigenvalue weighted by Crippen LogP contribution is 2.33. The van der Waals surface area contributed by atoms with Gasteiger partial charge in [-0.05, 0) is 78.9 Å². The van der Waals surface area contributed by atoms with E-state index in [1.54, 1.807) is 48.5 Å². The number of hydrogen-bond acceptors (Lipinski definition) is 2. The molecule has 0 amide bonds. The molecule has 0 heterocycles. The molecule has 168 valence electrons. The largest absolute Gasteiger partial charge is 0.454 e. The van der Waals surface area contributed by atoms with Crippen LogP contribution in [-0.2, 0) is 11.8 Å². The fourth-order valence-electron chi connectivity index (χ4n) is 3.45. The maximum Gasteiger partial charge on any atom is 0.387 e. The van der Waals surface area contributed by atoms with E-state index in [0.717, 1.165) is 24.0 Å². The quantitative estimate of drug-likeness (QED) is 0.283. The Bertz CT molecular complexity index is 1040. The molecule has 0 saturated carbocycles. The molecule has 0 fully saturated rings. The summed E-state index contributed by atoms with van der Waals surface area (Å²) < 4.78 is 49.0. The molecule has 0 bridgehead atoms. The van der Waals surface area contributed by atoms with Crippen LogP contribution in [0.3, 0.4) is 0 Å². The lowest BCUT2D eigenvalue weighted by Crippen LogP contribution is -2.19. The van der Waals surface area contributed by atoms with E-state index in [4.69, 9.17) is 16.3 Å². The minimum atomic E-state index is -2.85. The van der Waals surface area contributed by atoms with Gasteiger partial charge in [-0.2, -0.15) is 8.78 Å². The highest BCUT2D eigenvalue weighted by molar-refractivity contribution is 6.30. The van der Waals surface area contributed by atoms with Gasteiger partial charge in [0.15, 0.2) is 11.6 Å². The van der Waals surface area contributed by atoms with Gasteiger partial charge in [-0.1, -0.05) is 42.8 Å². The normalized spacial score (nSPS) is 12.9. The number of hydrogen-bond donors (Lipinski definition) is 0. The molecular weight excluding hydrogens is 437 g/mol. The third-order valence-electron chi connectivity index (χ3n) is 5.39. The van der Waals surface area contributed by atoms with E-state index in [1.165, 1.54) is 18.2 Å². The molecule has 0 aliphatic heterocycles. The molecule has 2 nitrogen and oxygen atoms in total. The van der Waals surface area contributed by atoms with Crippen LogP contribution < -0.4 is 9.47 Å². The molecule has 0 aliphatic carbocycles. The van der Waals surface area contributed by atoms with E-state index < -0.39 is 12.4 Å². The minimum absolute atomic E-state index is 0.120. The first kappa shape index (κ1) is 23.7. The van der Waals surface area contributed by atoms with Crippen molar-refractivity contribution in [3.8, 4) is 17.2 Å². The summed E-state index contributed by atoms with van der Waals surface area (Å²) in [6.07, 6.45) is 4.16. The van der Waals surface area contributed by atoms with Crippen LogP contribution in [0.2, 0.25) is 5.02 Å². The second kappa shape index (κ2) is 10.6. The Labute approximate surface area is 191 Å². The van der Waals surface area contributed by atoms with Gasteiger partial charge < -0.3 is 9.47 Å². The minimum Gasteiger partial charge on any atom is -0.454 e. The van der Waals surface area contributed by atoms with Crippen molar-refractivity contribution in [2.45, 2.75) is 38.2 Å². The van der Waals surface area contributed by atoms with Crippen molar-refractivity contribution in [2.24, 2.45) is 0 Å². The number of ether oxygens (including phenoxy) is 2. The zero-order valence-electron chi connectivity index (χ0n) is 17.7. The zero-order valence-corrected chi connectivity index (χ0v) is 18.4. The fourth-order valence-corrected chi connectivity index (χ4v) is 3.58. The van der Waals surface area contributed by atoms with E-state index in [0.29, 0.717) is 17.2 Å². The van der Waals surface area contributed by atoms with Crippen molar-refractivity contribution in [2.75, 3.05) is 0 Å². The number of halogens is 4. The summed E-state index contributed by atoms with van der Waals surface area (Å²) in [6.45, 7) is 3.15.